The molecule has 0 saturated heterocycles. The van der Waals surface area contributed by atoms with E-state index in [0.717, 1.165) is 11.1 Å². The van der Waals surface area contributed by atoms with E-state index in [9.17, 15) is 0 Å². The molecule has 3 rings (SSSR count). The van der Waals surface area contributed by atoms with Crippen molar-refractivity contribution in [2.45, 2.75) is 39.3 Å². The zero-order chi connectivity index (χ0) is 21.8. The number of rotatable bonds is 2. The molecule has 0 spiro atoms. The first kappa shape index (κ1) is 21.9. The molecule has 0 aromatic heterocycles. The zero-order valence-electron chi connectivity index (χ0n) is 18.9. The predicted octanol–water partition coefficient (Wildman–Crippen LogP) is 7.48. The maximum absolute atomic E-state index is 3.52. The summed E-state index contributed by atoms with van der Waals surface area (Å²) in [6.45, 7) is 13.7. The van der Waals surface area contributed by atoms with E-state index in [2.05, 4.69) is 135 Å². The largest absolute Gasteiger partial charge is 0.129 e. The van der Waals surface area contributed by atoms with E-state index < -0.39 is 16.1 Å². The number of benzene rings is 3. The Balaban J connectivity index is 2.02. The Morgan fingerprint density at radius 3 is 1.70 bits per heavy atom. The van der Waals surface area contributed by atoms with Gasteiger partial charge in [0.15, 0.2) is 0 Å². The Kier molecular flexibility index (Phi) is 6.52. The molecule has 0 aliphatic heterocycles. The fraction of sp³-hybridized carbons (Fsp3) is 0.214. The average molecular weight is 423 g/mol. The van der Waals surface area contributed by atoms with Gasteiger partial charge in [0.05, 0.1) is 0 Å². The lowest BCUT2D eigenvalue weighted by atomic mass is 9.94. The van der Waals surface area contributed by atoms with Crippen LogP contribution in [0.1, 0.15) is 11.1 Å². The highest BCUT2D eigenvalue weighted by molar-refractivity contribution is 6.84. The van der Waals surface area contributed by atoms with Crippen molar-refractivity contribution in [2.24, 2.45) is 0 Å². The third-order valence-electron chi connectivity index (χ3n) is 4.48. The van der Waals surface area contributed by atoms with Crippen LogP contribution in [0.3, 0.4) is 0 Å². The molecule has 3 aromatic carbocycles. The normalized spacial score (nSPS) is 11.1. The molecule has 0 aliphatic rings. The van der Waals surface area contributed by atoms with Crippen molar-refractivity contribution in [2.75, 3.05) is 0 Å². The molecule has 0 bridgehead atoms. The molecule has 0 aliphatic carbocycles. The lowest BCUT2D eigenvalue weighted by molar-refractivity contribution is 1.55. The summed E-state index contributed by atoms with van der Waals surface area (Å²) in [7, 11) is -2.80. The smallest absolute Gasteiger partial charge is 0.127 e. The number of hydrogen-bond acceptors (Lipinski definition) is 0. The highest BCUT2D eigenvalue weighted by atomic mass is 28.3. The molecule has 0 radical (unpaired) electrons. The van der Waals surface area contributed by atoms with Crippen molar-refractivity contribution in [1.82, 2.24) is 0 Å². The van der Waals surface area contributed by atoms with Gasteiger partial charge in [-0.3, -0.25) is 0 Å². The number of hydrogen-bond donors (Lipinski definition) is 0. The van der Waals surface area contributed by atoms with Crippen LogP contribution < -0.4 is 0 Å². The van der Waals surface area contributed by atoms with Crippen LogP contribution in [-0.4, -0.2) is 16.1 Å². The second-order valence-corrected chi connectivity index (χ2v) is 19.2. The summed E-state index contributed by atoms with van der Waals surface area (Å²) in [5.74, 6) is 6.81. The summed E-state index contributed by atoms with van der Waals surface area (Å²) in [6.07, 6.45) is 0. The Morgan fingerprint density at radius 1 is 0.533 bits per heavy atom. The van der Waals surface area contributed by atoms with Gasteiger partial charge in [0.1, 0.15) is 16.1 Å². The molecule has 30 heavy (non-hydrogen) atoms. The van der Waals surface area contributed by atoms with E-state index in [1.165, 1.54) is 22.3 Å². The van der Waals surface area contributed by atoms with Gasteiger partial charge >= 0.3 is 0 Å². The molecule has 0 unspecified atom stereocenters. The van der Waals surface area contributed by atoms with Gasteiger partial charge in [-0.1, -0.05) is 99.7 Å². The second-order valence-electron chi connectivity index (χ2n) is 9.70. The van der Waals surface area contributed by atoms with Gasteiger partial charge in [0, 0.05) is 11.1 Å². The fourth-order valence-corrected chi connectivity index (χ4v) is 3.98. The van der Waals surface area contributed by atoms with E-state index in [-0.39, 0.29) is 0 Å². The first-order valence-corrected chi connectivity index (χ1v) is 17.5. The lowest BCUT2D eigenvalue weighted by Crippen LogP contribution is -2.16. The SMILES string of the molecule is C[Si](C)(C)C#Cc1ccc(-c2ccc(C#C[Si](C)(C)C)c(-c3ccccc3)c2)cc1. The minimum absolute atomic E-state index is 1.09. The first-order valence-electron chi connectivity index (χ1n) is 10.5. The van der Waals surface area contributed by atoms with E-state index in [4.69, 9.17) is 0 Å². The van der Waals surface area contributed by atoms with Crippen molar-refractivity contribution >= 4 is 16.1 Å². The molecule has 0 saturated carbocycles. The summed E-state index contributed by atoms with van der Waals surface area (Å²) in [4.78, 5) is 0. The van der Waals surface area contributed by atoms with Crippen LogP contribution in [0.2, 0.25) is 39.3 Å². The van der Waals surface area contributed by atoms with Gasteiger partial charge in [-0.2, -0.15) is 0 Å². The van der Waals surface area contributed by atoms with Gasteiger partial charge in [-0.25, -0.2) is 0 Å². The monoisotopic (exact) mass is 422 g/mol. The molecule has 0 nitrogen and oxygen atoms in total. The summed E-state index contributed by atoms with van der Waals surface area (Å²) in [5, 5.41) is 0. The van der Waals surface area contributed by atoms with Crippen LogP contribution in [0.25, 0.3) is 22.3 Å². The van der Waals surface area contributed by atoms with E-state index in [1.54, 1.807) is 0 Å². The standard InChI is InChI=1S/C28H30Si2/c1-29(2,3)20-18-23-12-14-24(15-13-23)27-17-16-26(19-21-30(4,5)6)28(22-27)25-10-8-7-9-11-25/h7-17,22H,1-6H3. The second kappa shape index (κ2) is 8.92. The van der Waals surface area contributed by atoms with Crippen LogP contribution in [0.4, 0.5) is 0 Å². The van der Waals surface area contributed by atoms with E-state index in [0.29, 0.717) is 0 Å². The molecule has 0 atom stereocenters. The quantitative estimate of drug-likeness (QED) is 0.297. The van der Waals surface area contributed by atoms with Crippen molar-refractivity contribution in [3.63, 3.8) is 0 Å². The highest BCUT2D eigenvalue weighted by Gasteiger charge is 2.10. The molecule has 0 N–H and O–H groups in total. The molecule has 2 heteroatoms. The third kappa shape index (κ3) is 6.36. The lowest BCUT2D eigenvalue weighted by Gasteiger charge is -2.10. The third-order valence-corrected chi connectivity index (χ3v) is 6.23. The predicted molar refractivity (Wildman–Crippen MR) is 138 cm³/mol. The van der Waals surface area contributed by atoms with Crippen molar-refractivity contribution < 1.29 is 0 Å². The van der Waals surface area contributed by atoms with Crippen LogP contribution in [-0.2, 0) is 0 Å². The van der Waals surface area contributed by atoms with Crippen LogP contribution >= 0.6 is 0 Å². The van der Waals surface area contributed by atoms with Crippen LogP contribution in [0.15, 0.2) is 72.8 Å². The zero-order valence-corrected chi connectivity index (χ0v) is 20.9. The first-order chi connectivity index (χ1) is 14.1. The minimum atomic E-state index is -1.44. The van der Waals surface area contributed by atoms with Gasteiger partial charge < -0.3 is 0 Å². The summed E-state index contributed by atoms with van der Waals surface area (Å²) in [5.41, 5.74) is 14.0. The van der Waals surface area contributed by atoms with E-state index >= 15 is 0 Å². The van der Waals surface area contributed by atoms with Crippen molar-refractivity contribution in [1.29, 1.82) is 0 Å². The Morgan fingerprint density at radius 2 is 1.10 bits per heavy atom. The maximum atomic E-state index is 3.52. The summed E-state index contributed by atoms with van der Waals surface area (Å²) < 4.78 is 0. The average Bonchev–Trinajstić information content (AvgIpc) is 2.70. The maximum Gasteiger partial charge on any atom is 0.129 e. The summed E-state index contributed by atoms with van der Waals surface area (Å²) >= 11 is 0. The van der Waals surface area contributed by atoms with Crippen LogP contribution in [0, 0.1) is 22.9 Å². The topological polar surface area (TPSA) is 0 Å². The molecule has 0 amide bonds. The van der Waals surface area contributed by atoms with Gasteiger partial charge in [-0.05, 0) is 46.5 Å². The van der Waals surface area contributed by atoms with Gasteiger partial charge in [-0.15, -0.1) is 11.1 Å². The molecular formula is C28H30Si2. The Labute approximate surface area is 184 Å². The fourth-order valence-electron chi connectivity index (χ4n) is 2.95. The van der Waals surface area contributed by atoms with Gasteiger partial charge in [0.2, 0.25) is 0 Å². The minimum Gasteiger partial charge on any atom is -0.127 e. The van der Waals surface area contributed by atoms with Crippen molar-refractivity contribution in [3.8, 4) is 45.2 Å². The Bertz CT molecular complexity index is 1140. The van der Waals surface area contributed by atoms with Crippen LogP contribution in [0.5, 0.6) is 0 Å². The van der Waals surface area contributed by atoms with Gasteiger partial charge in [0.25, 0.3) is 0 Å². The van der Waals surface area contributed by atoms with E-state index in [1.807, 2.05) is 0 Å². The molecular weight excluding hydrogens is 392 g/mol. The molecule has 150 valence electrons. The molecule has 3 aromatic rings. The molecule has 0 fully saturated rings. The van der Waals surface area contributed by atoms with Crippen molar-refractivity contribution in [3.05, 3.63) is 83.9 Å². The molecule has 0 heterocycles. The Hall–Kier alpha value is -2.79. The highest BCUT2D eigenvalue weighted by Crippen LogP contribution is 2.29. The summed E-state index contributed by atoms with van der Waals surface area (Å²) in [6, 6.07) is 25.8.